The summed E-state index contributed by atoms with van der Waals surface area (Å²) in [4.78, 5) is 5.36. The second-order valence-corrected chi connectivity index (χ2v) is 15.4. The van der Waals surface area contributed by atoms with Crippen molar-refractivity contribution in [2.45, 2.75) is 84.4 Å². The monoisotopic (exact) mass is 696 g/mol. The van der Waals surface area contributed by atoms with E-state index < -0.39 is 12.7 Å². The van der Waals surface area contributed by atoms with Gasteiger partial charge in [-0.1, -0.05) is 132 Å². The Morgan fingerprint density at radius 1 is 0.679 bits per heavy atom. The van der Waals surface area contributed by atoms with Gasteiger partial charge in [0.05, 0.1) is 22.3 Å². The van der Waals surface area contributed by atoms with Crippen LogP contribution in [0.25, 0.3) is 72.3 Å². The van der Waals surface area contributed by atoms with Gasteiger partial charge in [0.1, 0.15) is 17.0 Å². The van der Waals surface area contributed by atoms with E-state index >= 15 is 0 Å². The number of aromatic nitrogens is 2. The summed E-state index contributed by atoms with van der Waals surface area (Å²) in [5.74, 6) is 0.692. The van der Waals surface area contributed by atoms with Crippen LogP contribution in [0.3, 0.4) is 0 Å². The first-order valence-electron chi connectivity index (χ1n) is 21.2. The Labute approximate surface area is 318 Å². The van der Waals surface area contributed by atoms with Gasteiger partial charge < -0.3 is 4.42 Å². The van der Waals surface area contributed by atoms with Crippen LogP contribution in [0.15, 0.2) is 126 Å². The number of para-hydroxylation sites is 3. The number of hydrogen-bond acceptors (Lipinski definition) is 2. The minimum absolute atomic E-state index is 0.218. The molecular formula is C50H48N2O. The predicted molar refractivity (Wildman–Crippen MR) is 223 cm³/mol. The fourth-order valence-corrected chi connectivity index (χ4v) is 8.46. The zero-order chi connectivity index (χ0) is 39.6. The average molecular weight is 697 g/mol. The summed E-state index contributed by atoms with van der Waals surface area (Å²) in [6.45, 7) is 6.81. The first-order chi connectivity index (χ1) is 27.4. The molecule has 8 aromatic rings. The molecule has 0 spiro atoms. The van der Waals surface area contributed by atoms with Crippen LogP contribution in [0.2, 0.25) is 0 Å². The fraction of sp³-hybridized carbons (Fsp3) is 0.260. The van der Waals surface area contributed by atoms with E-state index in [1.54, 1.807) is 6.07 Å². The Morgan fingerprint density at radius 3 is 2.15 bits per heavy atom. The van der Waals surface area contributed by atoms with Gasteiger partial charge in [-0.05, 0) is 118 Å². The first kappa shape index (κ1) is 29.1. The van der Waals surface area contributed by atoms with E-state index in [9.17, 15) is 1.37 Å². The zero-order valence-electron chi connectivity index (χ0n) is 35.0. The second-order valence-electron chi connectivity index (χ2n) is 15.4. The van der Waals surface area contributed by atoms with Crippen molar-refractivity contribution in [3.8, 4) is 39.3 Å². The van der Waals surface area contributed by atoms with Crippen LogP contribution < -0.4 is 0 Å². The minimum atomic E-state index is -2.24. The van der Waals surface area contributed by atoms with E-state index in [0.29, 0.717) is 11.1 Å². The van der Waals surface area contributed by atoms with Gasteiger partial charge in [-0.25, -0.2) is 4.98 Å². The maximum Gasteiger partial charge on any atom is 0.149 e. The molecule has 53 heavy (non-hydrogen) atoms. The number of nitrogens with zero attached hydrogens (tertiary/aromatic N) is 2. The third-order valence-electron chi connectivity index (χ3n) is 11.2. The lowest BCUT2D eigenvalue weighted by atomic mass is 9.80. The Balaban J connectivity index is 1.24. The summed E-state index contributed by atoms with van der Waals surface area (Å²) in [6, 6.07) is 41.0. The molecule has 0 bridgehead atoms. The number of furan rings is 1. The fourth-order valence-electron chi connectivity index (χ4n) is 8.46. The largest absolute Gasteiger partial charge is 0.455 e. The molecule has 3 nitrogen and oxygen atoms in total. The van der Waals surface area contributed by atoms with E-state index in [1.807, 2.05) is 48.5 Å². The highest BCUT2D eigenvalue weighted by molar-refractivity contribution is 6.10. The highest BCUT2D eigenvalue weighted by atomic mass is 16.3. The van der Waals surface area contributed by atoms with Crippen molar-refractivity contribution in [2.24, 2.45) is 0 Å². The summed E-state index contributed by atoms with van der Waals surface area (Å²) < 4.78 is 43.6. The van der Waals surface area contributed by atoms with Crippen molar-refractivity contribution in [3.05, 3.63) is 144 Å². The predicted octanol–water partition coefficient (Wildman–Crippen LogP) is 14.5. The van der Waals surface area contributed by atoms with Gasteiger partial charge in [-0.2, -0.15) is 0 Å². The number of hydrogen-bond donors (Lipinski definition) is 0. The molecule has 9 rings (SSSR count). The molecule has 0 amide bonds. The van der Waals surface area contributed by atoms with Gasteiger partial charge in [0.15, 0.2) is 0 Å². The molecule has 0 aliphatic heterocycles. The van der Waals surface area contributed by atoms with Gasteiger partial charge in [0.25, 0.3) is 0 Å². The number of benzene rings is 6. The number of aryl methyl sites for hydroxylation is 1. The molecule has 0 atom stereocenters. The van der Waals surface area contributed by atoms with Crippen LogP contribution in [0, 0.1) is 6.85 Å². The molecule has 3 heteroatoms. The molecule has 6 aromatic carbocycles. The molecule has 1 aliphatic carbocycles. The normalized spacial score (nSPS) is 16.0. The van der Waals surface area contributed by atoms with Crippen LogP contribution in [-0.4, -0.2) is 9.55 Å². The summed E-state index contributed by atoms with van der Waals surface area (Å²) in [7, 11) is 0. The number of rotatable bonds is 7. The van der Waals surface area contributed by atoms with Gasteiger partial charge in [-0.15, -0.1) is 0 Å². The summed E-state index contributed by atoms with van der Waals surface area (Å²) in [6.07, 6.45) is 5.21. The first-order valence-corrected chi connectivity index (χ1v) is 19.2. The lowest BCUT2D eigenvalue weighted by molar-refractivity contribution is 0.443. The van der Waals surface area contributed by atoms with Crippen LogP contribution in [0.1, 0.15) is 105 Å². The zero-order valence-corrected chi connectivity index (χ0v) is 31.0. The van der Waals surface area contributed by atoms with Crippen molar-refractivity contribution in [2.75, 3.05) is 0 Å². The Kier molecular flexibility index (Phi) is 7.43. The van der Waals surface area contributed by atoms with Crippen molar-refractivity contribution in [1.82, 2.24) is 9.55 Å². The highest BCUT2D eigenvalue weighted by Crippen LogP contribution is 2.44. The van der Waals surface area contributed by atoms with Gasteiger partial charge in [0, 0.05) is 16.3 Å². The quantitative estimate of drug-likeness (QED) is 0.166. The van der Waals surface area contributed by atoms with Gasteiger partial charge in [0.2, 0.25) is 0 Å². The lowest BCUT2D eigenvalue weighted by Crippen LogP contribution is -2.12. The van der Waals surface area contributed by atoms with E-state index in [4.69, 9.17) is 13.5 Å². The average Bonchev–Trinajstić information content (AvgIpc) is 3.78. The Hall–Kier alpha value is -5.41. The van der Waals surface area contributed by atoms with Crippen LogP contribution >= 0.6 is 0 Å². The molecule has 1 fully saturated rings. The maximum absolute atomic E-state index is 9.63. The van der Waals surface area contributed by atoms with Crippen LogP contribution in [0.4, 0.5) is 0 Å². The van der Waals surface area contributed by atoms with Crippen molar-refractivity contribution >= 4 is 33.0 Å². The lowest BCUT2D eigenvalue weighted by Gasteiger charge is -2.28. The van der Waals surface area contributed by atoms with Gasteiger partial charge >= 0.3 is 0 Å². The molecule has 1 saturated carbocycles. The third-order valence-corrected chi connectivity index (χ3v) is 11.2. The summed E-state index contributed by atoms with van der Waals surface area (Å²) >= 11 is 0. The Bertz CT molecular complexity index is 2760. The molecule has 2 heterocycles. The molecule has 2 aromatic heterocycles. The van der Waals surface area contributed by atoms with E-state index in [0.717, 1.165) is 98.0 Å². The van der Waals surface area contributed by atoms with Crippen molar-refractivity contribution < 1.29 is 9.90 Å². The summed E-state index contributed by atoms with van der Waals surface area (Å²) in [5.41, 5.74) is 12.9. The number of fused-ring (bicyclic) bond motifs is 4. The molecule has 0 radical (unpaired) electrons. The summed E-state index contributed by atoms with van der Waals surface area (Å²) in [5, 5.41) is 2.01. The molecule has 264 valence electrons. The topological polar surface area (TPSA) is 31.0 Å². The smallest absolute Gasteiger partial charge is 0.149 e. The van der Waals surface area contributed by atoms with Crippen LogP contribution in [0.5, 0.6) is 0 Å². The Morgan fingerprint density at radius 2 is 1.40 bits per heavy atom. The third kappa shape index (κ3) is 5.87. The molecule has 0 N–H and O–H groups in total. The molecule has 1 aliphatic rings. The second kappa shape index (κ2) is 13.5. The van der Waals surface area contributed by atoms with E-state index in [2.05, 4.69) is 99.0 Å². The van der Waals surface area contributed by atoms with Crippen molar-refractivity contribution in [1.29, 1.82) is 0 Å². The van der Waals surface area contributed by atoms with Gasteiger partial charge in [-0.3, -0.25) is 4.57 Å². The highest BCUT2D eigenvalue weighted by Gasteiger charge is 2.27. The standard InChI is InChI=1S/C50H48N2O/c1-31(2)42-28-38(34-15-8-6-9-16-34)29-43(32(3)4)48(42)52-46-22-13-12-21-45(46)51-50(52)41-20-14-19-40-39-26-25-37(30-47(39)53-49(40)41)36-24-23-33(5)44(27-36)35-17-10-7-11-18-35/h7,10-14,17-32,34H,6,8-9,15-16H2,1-5H3/i5D3,34D. The van der Waals surface area contributed by atoms with E-state index in [-0.39, 0.29) is 11.8 Å². The molecular weight excluding hydrogens is 645 g/mol. The minimum Gasteiger partial charge on any atom is -0.455 e. The number of imidazole rings is 1. The van der Waals surface area contributed by atoms with E-state index in [1.165, 1.54) is 17.5 Å². The molecule has 0 unspecified atom stereocenters. The van der Waals surface area contributed by atoms with Crippen molar-refractivity contribution in [3.63, 3.8) is 0 Å². The SMILES string of the molecule is [2H]C([2H])([2H])c1ccc(-c2ccc3c(c2)oc2c(-c4nc5ccccc5n4-c4c(C(C)C)cc(C5([2H])CCCCC5)cc4C(C)C)cccc23)cc1-c1ccccc1. The van der Waals surface area contributed by atoms with Crippen LogP contribution in [-0.2, 0) is 0 Å². The molecule has 0 saturated heterocycles. The maximum atomic E-state index is 9.63.